The summed E-state index contributed by atoms with van der Waals surface area (Å²) in [5, 5.41) is 3.73. The standard InChI is InChI=1S/C8H11NO2/c1-3-8-5-7(9-11-8)4-6(2)10/h5H,3-4H2,1-2H3. The second kappa shape index (κ2) is 3.32. The van der Waals surface area contributed by atoms with Crippen LogP contribution in [0.2, 0.25) is 0 Å². The van der Waals surface area contributed by atoms with Crippen LogP contribution in [0.3, 0.4) is 0 Å². The van der Waals surface area contributed by atoms with Gasteiger partial charge in [0.25, 0.3) is 0 Å². The Bertz CT molecular complexity index is 252. The summed E-state index contributed by atoms with van der Waals surface area (Å²) in [6, 6.07) is 1.82. The molecule has 0 unspecified atom stereocenters. The van der Waals surface area contributed by atoms with Gasteiger partial charge in [-0.2, -0.15) is 0 Å². The number of hydrogen-bond donors (Lipinski definition) is 0. The first-order valence-corrected chi connectivity index (χ1v) is 3.66. The number of rotatable bonds is 3. The molecule has 1 aromatic rings. The fourth-order valence-electron chi connectivity index (χ4n) is 0.861. The summed E-state index contributed by atoms with van der Waals surface area (Å²) in [4.78, 5) is 10.6. The molecule has 0 atom stereocenters. The van der Waals surface area contributed by atoms with Gasteiger partial charge in [-0.3, -0.25) is 4.79 Å². The molecular weight excluding hydrogens is 142 g/mol. The quantitative estimate of drug-likeness (QED) is 0.658. The maximum absolute atomic E-state index is 10.6. The van der Waals surface area contributed by atoms with E-state index in [0.29, 0.717) is 6.42 Å². The van der Waals surface area contributed by atoms with Gasteiger partial charge in [-0.15, -0.1) is 0 Å². The highest BCUT2D eigenvalue weighted by molar-refractivity contribution is 5.77. The van der Waals surface area contributed by atoms with E-state index < -0.39 is 0 Å². The van der Waals surface area contributed by atoms with E-state index in [4.69, 9.17) is 4.52 Å². The minimum absolute atomic E-state index is 0.112. The van der Waals surface area contributed by atoms with E-state index in [9.17, 15) is 4.79 Å². The average molecular weight is 153 g/mol. The van der Waals surface area contributed by atoms with Gasteiger partial charge in [-0.1, -0.05) is 12.1 Å². The van der Waals surface area contributed by atoms with Gasteiger partial charge in [0.1, 0.15) is 11.5 Å². The van der Waals surface area contributed by atoms with Gasteiger partial charge in [0.15, 0.2) is 0 Å². The Hall–Kier alpha value is -1.12. The number of hydrogen-bond acceptors (Lipinski definition) is 3. The Morgan fingerprint density at radius 1 is 1.73 bits per heavy atom. The molecule has 60 valence electrons. The second-order valence-electron chi connectivity index (χ2n) is 2.52. The fourth-order valence-corrected chi connectivity index (χ4v) is 0.861. The summed E-state index contributed by atoms with van der Waals surface area (Å²) in [5.74, 6) is 0.946. The van der Waals surface area contributed by atoms with Crippen LogP contribution in [-0.2, 0) is 17.6 Å². The number of ketones is 1. The summed E-state index contributed by atoms with van der Waals surface area (Å²) in [6.45, 7) is 3.53. The number of Topliss-reactive ketones (excluding diaryl/α,β-unsaturated/α-hetero) is 1. The molecule has 0 aliphatic carbocycles. The van der Waals surface area contributed by atoms with Crippen LogP contribution in [-0.4, -0.2) is 10.9 Å². The number of aryl methyl sites for hydroxylation is 1. The zero-order valence-corrected chi connectivity index (χ0v) is 6.76. The summed E-state index contributed by atoms with van der Waals surface area (Å²) in [5.41, 5.74) is 0.731. The first-order chi connectivity index (χ1) is 5.22. The molecule has 0 aliphatic rings. The Morgan fingerprint density at radius 2 is 2.45 bits per heavy atom. The molecule has 0 aromatic carbocycles. The number of carbonyl (C=O) groups excluding carboxylic acids is 1. The van der Waals surface area contributed by atoms with Crippen molar-refractivity contribution in [2.24, 2.45) is 0 Å². The maximum Gasteiger partial charge on any atom is 0.136 e. The molecule has 3 nitrogen and oxygen atoms in total. The fraction of sp³-hybridized carbons (Fsp3) is 0.500. The van der Waals surface area contributed by atoms with Crippen molar-refractivity contribution in [2.45, 2.75) is 26.7 Å². The first-order valence-electron chi connectivity index (χ1n) is 3.66. The Morgan fingerprint density at radius 3 is 2.91 bits per heavy atom. The zero-order valence-electron chi connectivity index (χ0n) is 6.76. The van der Waals surface area contributed by atoms with Crippen molar-refractivity contribution >= 4 is 5.78 Å². The molecule has 0 fully saturated rings. The Kier molecular flexibility index (Phi) is 2.41. The van der Waals surface area contributed by atoms with Gasteiger partial charge >= 0.3 is 0 Å². The molecule has 0 saturated carbocycles. The van der Waals surface area contributed by atoms with Crippen molar-refractivity contribution in [3.8, 4) is 0 Å². The second-order valence-corrected chi connectivity index (χ2v) is 2.52. The Labute approximate surface area is 65.4 Å². The predicted molar refractivity (Wildman–Crippen MR) is 40.3 cm³/mol. The highest BCUT2D eigenvalue weighted by Gasteiger charge is 2.03. The number of nitrogens with zero attached hydrogens (tertiary/aromatic N) is 1. The van der Waals surface area contributed by atoms with Crippen molar-refractivity contribution in [3.63, 3.8) is 0 Å². The highest BCUT2D eigenvalue weighted by Crippen LogP contribution is 2.04. The lowest BCUT2D eigenvalue weighted by Crippen LogP contribution is -1.95. The topological polar surface area (TPSA) is 43.1 Å². The van der Waals surface area contributed by atoms with Crippen LogP contribution in [0.1, 0.15) is 25.3 Å². The lowest BCUT2D eigenvalue weighted by molar-refractivity contribution is -0.116. The smallest absolute Gasteiger partial charge is 0.136 e. The van der Waals surface area contributed by atoms with Crippen LogP contribution in [0, 0.1) is 0 Å². The van der Waals surface area contributed by atoms with E-state index in [1.165, 1.54) is 0 Å². The van der Waals surface area contributed by atoms with Crippen LogP contribution in [0.25, 0.3) is 0 Å². The van der Waals surface area contributed by atoms with E-state index in [1.54, 1.807) is 6.92 Å². The molecule has 0 spiro atoms. The monoisotopic (exact) mass is 153 g/mol. The van der Waals surface area contributed by atoms with Gasteiger partial charge in [-0.25, -0.2) is 0 Å². The first kappa shape index (κ1) is 7.98. The summed E-state index contributed by atoms with van der Waals surface area (Å²) < 4.78 is 4.91. The summed E-state index contributed by atoms with van der Waals surface area (Å²) in [7, 11) is 0. The van der Waals surface area contributed by atoms with Crippen LogP contribution in [0.5, 0.6) is 0 Å². The summed E-state index contributed by atoms with van der Waals surface area (Å²) in [6.07, 6.45) is 1.20. The third-order valence-electron chi connectivity index (χ3n) is 1.39. The third kappa shape index (κ3) is 2.18. The van der Waals surface area contributed by atoms with Crippen molar-refractivity contribution in [3.05, 3.63) is 17.5 Å². The molecule has 3 heteroatoms. The van der Waals surface area contributed by atoms with Gasteiger partial charge in [0.2, 0.25) is 0 Å². The average Bonchev–Trinajstić information content (AvgIpc) is 2.34. The zero-order chi connectivity index (χ0) is 8.27. The largest absolute Gasteiger partial charge is 0.361 e. The van der Waals surface area contributed by atoms with Gasteiger partial charge in [0.05, 0.1) is 12.1 Å². The molecule has 1 heterocycles. The molecule has 0 aliphatic heterocycles. The van der Waals surface area contributed by atoms with E-state index in [2.05, 4.69) is 5.16 Å². The van der Waals surface area contributed by atoms with E-state index in [0.717, 1.165) is 17.9 Å². The maximum atomic E-state index is 10.6. The van der Waals surface area contributed by atoms with Crippen LogP contribution < -0.4 is 0 Å². The molecule has 0 amide bonds. The SMILES string of the molecule is CCc1cc(CC(C)=O)no1. The normalized spacial score (nSPS) is 10.0. The lowest BCUT2D eigenvalue weighted by Gasteiger charge is -1.83. The van der Waals surface area contributed by atoms with Crippen molar-refractivity contribution < 1.29 is 9.32 Å². The Balaban J connectivity index is 2.65. The molecule has 0 radical (unpaired) electrons. The van der Waals surface area contributed by atoms with Crippen LogP contribution in [0.15, 0.2) is 10.6 Å². The van der Waals surface area contributed by atoms with Crippen LogP contribution in [0.4, 0.5) is 0 Å². The summed E-state index contributed by atoms with van der Waals surface area (Å²) >= 11 is 0. The number of aromatic nitrogens is 1. The van der Waals surface area contributed by atoms with Crippen molar-refractivity contribution in [1.29, 1.82) is 0 Å². The molecule has 0 N–H and O–H groups in total. The van der Waals surface area contributed by atoms with Crippen molar-refractivity contribution in [2.75, 3.05) is 0 Å². The third-order valence-corrected chi connectivity index (χ3v) is 1.39. The van der Waals surface area contributed by atoms with E-state index >= 15 is 0 Å². The van der Waals surface area contributed by atoms with Crippen LogP contribution >= 0.6 is 0 Å². The molecule has 11 heavy (non-hydrogen) atoms. The predicted octanol–water partition coefficient (Wildman–Crippen LogP) is 1.37. The minimum Gasteiger partial charge on any atom is -0.361 e. The van der Waals surface area contributed by atoms with E-state index in [1.807, 2.05) is 13.0 Å². The minimum atomic E-state index is 0.112. The molecule has 0 saturated heterocycles. The lowest BCUT2D eigenvalue weighted by atomic mass is 10.2. The molecule has 1 rings (SSSR count). The van der Waals surface area contributed by atoms with Gasteiger partial charge < -0.3 is 4.52 Å². The number of carbonyl (C=O) groups is 1. The van der Waals surface area contributed by atoms with Crippen molar-refractivity contribution in [1.82, 2.24) is 5.16 Å². The van der Waals surface area contributed by atoms with Gasteiger partial charge in [0, 0.05) is 12.5 Å². The van der Waals surface area contributed by atoms with E-state index in [-0.39, 0.29) is 5.78 Å². The molecular formula is C8H11NO2. The van der Waals surface area contributed by atoms with Gasteiger partial charge in [-0.05, 0) is 6.92 Å². The molecule has 0 bridgehead atoms. The highest BCUT2D eigenvalue weighted by atomic mass is 16.5. The molecule has 1 aromatic heterocycles.